The number of ether oxygens (including phenoxy) is 2. The monoisotopic (exact) mass is 404 g/mol. The van der Waals surface area contributed by atoms with Crippen molar-refractivity contribution in [3.05, 3.63) is 54.2 Å². The predicted molar refractivity (Wildman–Crippen MR) is 113 cm³/mol. The van der Waals surface area contributed by atoms with Crippen LogP contribution in [0.2, 0.25) is 0 Å². The summed E-state index contributed by atoms with van der Waals surface area (Å²) in [6.07, 6.45) is 3.57. The number of methoxy groups -OCH3 is 1. The summed E-state index contributed by atoms with van der Waals surface area (Å²) in [4.78, 5) is 18.0. The van der Waals surface area contributed by atoms with Gasteiger partial charge in [-0.2, -0.15) is 0 Å². The Hall–Kier alpha value is -2.44. The number of anilines is 2. The predicted octanol–water partition coefficient (Wildman–Crippen LogP) is 5.31. The van der Waals surface area contributed by atoms with E-state index < -0.39 is 5.97 Å². The maximum atomic E-state index is 12.5. The molecule has 3 aromatic rings. The van der Waals surface area contributed by atoms with E-state index in [0.29, 0.717) is 23.6 Å². The van der Waals surface area contributed by atoms with Crippen molar-refractivity contribution in [1.82, 2.24) is 4.98 Å². The van der Waals surface area contributed by atoms with Gasteiger partial charge in [0.05, 0.1) is 30.6 Å². The molecule has 1 aromatic heterocycles. The van der Waals surface area contributed by atoms with Crippen LogP contribution in [0.5, 0.6) is 5.75 Å². The zero-order valence-electron chi connectivity index (χ0n) is 15.3. The van der Waals surface area contributed by atoms with Gasteiger partial charge in [-0.1, -0.05) is 24.3 Å². The van der Waals surface area contributed by atoms with E-state index in [0.717, 1.165) is 21.5 Å². The quantitative estimate of drug-likeness (QED) is 0.444. The number of fused-ring (bicyclic) bond motifs is 1. The third kappa shape index (κ3) is 4.28. The maximum absolute atomic E-state index is 12.5. The van der Waals surface area contributed by atoms with Crippen molar-refractivity contribution in [2.45, 2.75) is 11.8 Å². The standard InChI is InChI=1S/C20H20N2O3S.ClH/c1-4-25-20(23)14-12-21-19-13(8-7-11-17(19)26-3)18(14)22-15-9-5-6-10-16(15)24-2;/h5-12H,4H2,1-3H3,(H,21,22);1H. The van der Waals surface area contributed by atoms with Crippen molar-refractivity contribution >= 4 is 52.4 Å². The van der Waals surface area contributed by atoms with Crippen molar-refractivity contribution in [2.75, 3.05) is 25.3 Å². The van der Waals surface area contributed by atoms with E-state index >= 15 is 0 Å². The Morgan fingerprint density at radius 2 is 1.96 bits per heavy atom. The first kappa shape index (κ1) is 20.9. The number of aromatic nitrogens is 1. The van der Waals surface area contributed by atoms with Crippen molar-refractivity contribution in [3.63, 3.8) is 0 Å². The molecule has 1 heterocycles. The lowest BCUT2D eigenvalue weighted by Gasteiger charge is -2.16. The van der Waals surface area contributed by atoms with Crippen molar-refractivity contribution in [3.8, 4) is 5.75 Å². The molecule has 0 saturated heterocycles. The first-order valence-corrected chi connectivity index (χ1v) is 9.45. The molecule has 0 saturated carbocycles. The number of halogens is 1. The molecule has 0 spiro atoms. The number of rotatable bonds is 6. The van der Waals surface area contributed by atoms with Gasteiger partial charge >= 0.3 is 5.97 Å². The highest BCUT2D eigenvalue weighted by molar-refractivity contribution is 7.98. The van der Waals surface area contributed by atoms with Crippen molar-refractivity contribution < 1.29 is 14.3 Å². The molecule has 142 valence electrons. The molecule has 1 N–H and O–H groups in total. The molecular formula is C20H21ClN2O3S. The minimum atomic E-state index is -0.408. The van der Waals surface area contributed by atoms with E-state index in [-0.39, 0.29) is 12.4 Å². The highest BCUT2D eigenvalue weighted by atomic mass is 35.5. The highest BCUT2D eigenvalue weighted by Gasteiger charge is 2.19. The molecule has 0 fully saturated rings. The van der Waals surface area contributed by atoms with Crippen LogP contribution in [-0.4, -0.2) is 30.9 Å². The van der Waals surface area contributed by atoms with Crippen LogP contribution < -0.4 is 10.1 Å². The molecular weight excluding hydrogens is 384 g/mol. The third-order valence-electron chi connectivity index (χ3n) is 3.94. The Bertz CT molecular complexity index is 950. The molecule has 0 aliphatic rings. The van der Waals surface area contributed by atoms with E-state index in [9.17, 15) is 4.79 Å². The SMILES string of the molecule is CCOC(=O)c1cnc2c(SC)cccc2c1Nc1ccccc1OC.Cl. The van der Waals surface area contributed by atoms with E-state index in [2.05, 4.69) is 10.3 Å². The number of benzene rings is 2. The van der Waals surface area contributed by atoms with Crippen LogP contribution in [0, 0.1) is 0 Å². The minimum Gasteiger partial charge on any atom is -0.495 e. The number of hydrogen-bond donors (Lipinski definition) is 1. The molecule has 7 heteroatoms. The average molecular weight is 405 g/mol. The van der Waals surface area contributed by atoms with E-state index in [1.165, 1.54) is 0 Å². The lowest BCUT2D eigenvalue weighted by molar-refractivity contribution is 0.0527. The normalized spacial score (nSPS) is 10.2. The van der Waals surface area contributed by atoms with Gasteiger partial charge in [-0.25, -0.2) is 4.79 Å². The van der Waals surface area contributed by atoms with Gasteiger partial charge < -0.3 is 14.8 Å². The summed E-state index contributed by atoms with van der Waals surface area (Å²) in [5.74, 6) is 0.280. The number of nitrogens with zero attached hydrogens (tertiary/aromatic N) is 1. The van der Waals surface area contributed by atoms with Crippen LogP contribution in [0.25, 0.3) is 10.9 Å². The molecule has 0 aliphatic carbocycles. The van der Waals surface area contributed by atoms with Crippen molar-refractivity contribution in [2.24, 2.45) is 0 Å². The van der Waals surface area contributed by atoms with Gasteiger partial charge in [-0.05, 0) is 31.4 Å². The van der Waals surface area contributed by atoms with Gasteiger partial charge in [-0.15, -0.1) is 24.2 Å². The first-order valence-electron chi connectivity index (χ1n) is 8.22. The van der Waals surface area contributed by atoms with Gasteiger partial charge in [0.2, 0.25) is 0 Å². The molecule has 2 aromatic carbocycles. The number of para-hydroxylation sites is 3. The van der Waals surface area contributed by atoms with E-state index in [4.69, 9.17) is 9.47 Å². The number of pyridine rings is 1. The maximum Gasteiger partial charge on any atom is 0.341 e. The van der Waals surface area contributed by atoms with Gasteiger partial charge in [0.25, 0.3) is 0 Å². The topological polar surface area (TPSA) is 60.5 Å². The smallest absolute Gasteiger partial charge is 0.341 e. The van der Waals surface area contributed by atoms with Crippen LogP contribution in [0.4, 0.5) is 11.4 Å². The Kier molecular flexibility index (Phi) is 7.33. The third-order valence-corrected chi connectivity index (χ3v) is 4.71. The molecule has 0 amide bonds. The van der Waals surface area contributed by atoms with Crippen molar-refractivity contribution in [1.29, 1.82) is 0 Å². The zero-order chi connectivity index (χ0) is 18.5. The van der Waals surface area contributed by atoms with E-state index in [1.54, 1.807) is 32.0 Å². The number of thioether (sulfide) groups is 1. The highest BCUT2D eigenvalue weighted by Crippen LogP contribution is 2.36. The van der Waals surface area contributed by atoms with Gasteiger partial charge in [0.15, 0.2) is 0 Å². The molecule has 0 atom stereocenters. The molecule has 0 bridgehead atoms. The Morgan fingerprint density at radius 3 is 2.67 bits per heavy atom. The Morgan fingerprint density at radius 1 is 1.19 bits per heavy atom. The average Bonchev–Trinajstić information content (AvgIpc) is 2.68. The summed E-state index contributed by atoms with van der Waals surface area (Å²) >= 11 is 1.61. The second-order valence-electron chi connectivity index (χ2n) is 5.45. The largest absolute Gasteiger partial charge is 0.495 e. The number of carbonyl (C=O) groups is 1. The summed E-state index contributed by atoms with van der Waals surface area (Å²) in [7, 11) is 1.61. The number of hydrogen-bond acceptors (Lipinski definition) is 6. The van der Waals surface area contributed by atoms with Crippen LogP contribution >= 0.6 is 24.2 Å². The minimum absolute atomic E-state index is 0. The van der Waals surface area contributed by atoms with Crippen LogP contribution in [-0.2, 0) is 4.74 Å². The summed E-state index contributed by atoms with van der Waals surface area (Å²) < 4.78 is 10.6. The number of carbonyl (C=O) groups excluding carboxylic acids is 1. The lowest BCUT2D eigenvalue weighted by atomic mass is 10.1. The summed E-state index contributed by atoms with van der Waals surface area (Å²) in [6.45, 7) is 2.08. The second kappa shape index (κ2) is 9.48. The molecule has 3 rings (SSSR count). The fourth-order valence-corrected chi connectivity index (χ4v) is 3.31. The summed E-state index contributed by atoms with van der Waals surface area (Å²) in [6, 6.07) is 13.5. The number of esters is 1. The Balaban J connectivity index is 0.00000261. The number of nitrogens with one attached hydrogen (secondary N) is 1. The molecule has 0 radical (unpaired) electrons. The molecule has 0 unspecified atom stereocenters. The van der Waals surface area contributed by atoms with Crippen LogP contribution in [0.1, 0.15) is 17.3 Å². The molecule has 27 heavy (non-hydrogen) atoms. The van der Waals surface area contributed by atoms with Crippen LogP contribution in [0.15, 0.2) is 53.6 Å². The van der Waals surface area contributed by atoms with Crippen LogP contribution in [0.3, 0.4) is 0 Å². The molecule has 5 nitrogen and oxygen atoms in total. The first-order chi connectivity index (χ1) is 12.7. The fourth-order valence-electron chi connectivity index (χ4n) is 2.74. The van der Waals surface area contributed by atoms with E-state index in [1.807, 2.05) is 48.7 Å². The Labute approximate surface area is 168 Å². The second-order valence-corrected chi connectivity index (χ2v) is 6.30. The zero-order valence-corrected chi connectivity index (χ0v) is 16.9. The fraction of sp³-hybridized carbons (Fsp3) is 0.200. The summed E-state index contributed by atoms with van der Waals surface area (Å²) in [5.41, 5.74) is 2.66. The van der Waals surface area contributed by atoms with Gasteiger partial charge in [0.1, 0.15) is 11.3 Å². The molecule has 0 aliphatic heterocycles. The van der Waals surface area contributed by atoms with Gasteiger partial charge in [-0.3, -0.25) is 4.98 Å². The van der Waals surface area contributed by atoms with Gasteiger partial charge in [0, 0.05) is 16.5 Å². The summed E-state index contributed by atoms with van der Waals surface area (Å²) in [5, 5.41) is 4.21. The lowest BCUT2D eigenvalue weighted by Crippen LogP contribution is -2.09.